The van der Waals surface area contributed by atoms with Crippen LogP contribution in [-0.2, 0) is 0 Å². The Bertz CT molecular complexity index is 264. The average molecular weight is 266 g/mol. The Labute approximate surface area is 117 Å². The van der Waals surface area contributed by atoms with E-state index in [1.54, 1.807) is 0 Å². The molecule has 0 atom stereocenters. The molecule has 1 aliphatic heterocycles. The minimum Gasteiger partial charge on any atom is -0.396 e. The van der Waals surface area contributed by atoms with Crippen molar-refractivity contribution in [1.82, 2.24) is 10.2 Å². The minimum absolute atomic E-state index is 0.395. The van der Waals surface area contributed by atoms with E-state index in [1.165, 1.54) is 71.0 Å². The third-order valence-electron chi connectivity index (χ3n) is 5.38. The van der Waals surface area contributed by atoms with E-state index in [0.29, 0.717) is 12.5 Å². The summed E-state index contributed by atoms with van der Waals surface area (Å²) in [5, 5.41) is 13.1. The predicted octanol–water partition coefficient (Wildman–Crippen LogP) is 2.00. The first-order valence-corrected chi connectivity index (χ1v) is 8.42. The molecular weight excluding hydrogens is 236 g/mol. The molecular formula is C16H30N2O. The molecule has 2 aliphatic carbocycles. The minimum atomic E-state index is 0.395. The molecule has 1 saturated heterocycles. The number of nitrogens with one attached hydrogen (secondary N) is 1. The molecule has 0 aromatic carbocycles. The van der Waals surface area contributed by atoms with Crippen LogP contribution in [0, 0.1) is 11.8 Å². The van der Waals surface area contributed by atoms with Gasteiger partial charge < -0.3 is 15.3 Å². The molecule has 0 spiro atoms. The Balaban J connectivity index is 1.33. The fourth-order valence-corrected chi connectivity index (χ4v) is 3.79. The lowest BCUT2D eigenvalue weighted by Crippen LogP contribution is -2.47. The lowest BCUT2D eigenvalue weighted by atomic mass is 9.86. The first-order chi connectivity index (χ1) is 9.33. The maximum absolute atomic E-state index is 9.18. The summed E-state index contributed by atoms with van der Waals surface area (Å²) in [5.74, 6) is 1.62. The smallest absolute Gasteiger partial charge is 0.0459 e. The molecule has 0 bridgehead atoms. The van der Waals surface area contributed by atoms with E-state index in [-0.39, 0.29) is 0 Å². The van der Waals surface area contributed by atoms with Crippen molar-refractivity contribution in [3.05, 3.63) is 0 Å². The molecule has 0 amide bonds. The van der Waals surface area contributed by atoms with Crippen molar-refractivity contribution in [3.63, 3.8) is 0 Å². The summed E-state index contributed by atoms with van der Waals surface area (Å²) in [7, 11) is 0. The van der Waals surface area contributed by atoms with Gasteiger partial charge in [-0.2, -0.15) is 0 Å². The number of rotatable bonds is 5. The van der Waals surface area contributed by atoms with Crippen molar-refractivity contribution in [2.75, 3.05) is 26.2 Å². The van der Waals surface area contributed by atoms with Gasteiger partial charge in [0.15, 0.2) is 0 Å². The monoisotopic (exact) mass is 266 g/mol. The molecule has 3 heteroatoms. The largest absolute Gasteiger partial charge is 0.396 e. The lowest BCUT2D eigenvalue weighted by Gasteiger charge is -2.36. The van der Waals surface area contributed by atoms with Gasteiger partial charge in [0, 0.05) is 25.2 Å². The first kappa shape index (κ1) is 13.8. The number of hydrogen-bond donors (Lipinski definition) is 2. The second-order valence-corrected chi connectivity index (χ2v) is 7.09. The Kier molecular flexibility index (Phi) is 4.78. The van der Waals surface area contributed by atoms with Crippen LogP contribution >= 0.6 is 0 Å². The highest BCUT2D eigenvalue weighted by Gasteiger charge is 2.28. The van der Waals surface area contributed by atoms with E-state index < -0.39 is 0 Å². The average Bonchev–Trinajstić information content (AvgIpc) is 3.26. The standard InChI is InChI=1S/C16H30N2O/c19-12-14-3-5-15(6-4-14)17-16-7-9-18(10-8-16)11-13-1-2-13/h13-17,19H,1-12H2. The summed E-state index contributed by atoms with van der Waals surface area (Å²) >= 11 is 0. The van der Waals surface area contributed by atoms with Gasteiger partial charge in [-0.15, -0.1) is 0 Å². The molecule has 2 saturated carbocycles. The Morgan fingerprint density at radius 3 is 1.95 bits per heavy atom. The van der Waals surface area contributed by atoms with E-state index in [9.17, 15) is 5.11 Å². The predicted molar refractivity (Wildman–Crippen MR) is 78.2 cm³/mol. The van der Waals surface area contributed by atoms with Gasteiger partial charge in [0.25, 0.3) is 0 Å². The summed E-state index contributed by atoms with van der Waals surface area (Å²) < 4.78 is 0. The summed E-state index contributed by atoms with van der Waals surface area (Å²) in [6.45, 7) is 4.38. The molecule has 2 N–H and O–H groups in total. The van der Waals surface area contributed by atoms with Crippen molar-refractivity contribution in [1.29, 1.82) is 0 Å². The van der Waals surface area contributed by atoms with Crippen LogP contribution < -0.4 is 5.32 Å². The van der Waals surface area contributed by atoms with Gasteiger partial charge in [-0.3, -0.25) is 0 Å². The van der Waals surface area contributed by atoms with Gasteiger partial charge in [-0.1, -0.05) is 0 Å². The molecule has 0 aromatic heterocycles. The molecule has 3 aliphatic rings. The second-order valence-electron chi connectivity index (χ2n) is 7.09. The van der Waals surface area contributed by atoms with E-state index in [0.717, 1.165) is 18.0 Å². The molecule has 110 valence electrons. The van der Waals surface area contributed by atoms with Crippen molar-refractivity contribution in [3.8, 4) is 0 Å². The zero-order chi connectivity index (χ0) is 13.1. The molecule has 3 fully saturated rings. The number of nitrogens with zero attached hydrogens (tertiary/aromatic N) is 1. The van der Waals surface area contributed by atoms with Gasteiger partial charge in [0.05, 0.1) is 0 Å². The fourth-order valence-electron chi connectivity index (χ4n) is 3.79. The van der Waals surface area contributed by atoms with Crippen LogP contribution in [0.3, 0.4) is 0 Å². The van der Waals surface area contributed by atoms with Crippen LogP contribution in [0.25, 0.3) is 0 Å². The molecule has 3 rings (SSSR count). The molecule has 0 unspecified atom stereocenters. The van der Waals surface area contributed by atoms with Crippen LogP contribution in [0.5, 0.6) is 0 Å². The van der Waals surface area contributed by atoms with E-state index in [1.807, 2.05) is 0 Å². The quantitative estimate of drug-likeness (QED) is 0.799. The van der Waals surface area contributed by atoms with Crippen LogP contribution in [0.15, 0.2) is 0 Å². The molecule has 0 aromatic rings. The van der Waals surface area contributed by atoms with Crippen LogP contribution in [0.1, 0.15) is 51.4 Å². The number of hydrogen-bond acceptors (Lipinski definition) is 3. The lowest BCUT2D eigenvalue weighted by molar-refractivity contribution is 0.152. The Hall–Kier alpha value is -0.120. The zero-order valence-corrected chi connectivity index (χ0v) is 12.2. The van der Waals surface area contributed by atoms with Crippen LogP contribution in [0.4, 0.5) is 0 Å². The van der Waals surface area contributed by atoms with Gasteiger partial charge >= 0.3 is 0 Å². The third-order valence-corrected chi connectivity index (χ3v) is 5.38. The Morgan fingerprint density at radius 2 is 1.37 bits per heavy atom. The maximum Gasteiger partial charge on any atom is 0.0459 e. The summed E-state index contributed by atoms with van der Waals surface area (Å²) in [4.78, 5) is 2.68. The summed E-state index contributed by atoms with van der Waals surface area (Å²) in [5.41, 5.74) is 0. The van der Waals surface area contributed by atoms with Crippen LogP contribution in [0.2, 0.25) is 0 Å². The molecule has 1 heterocycles. The fraction of sp³-hybridized carbons (Fsp3) is 1.00. The van der Waals surface area contributed by atoms with Crippen molar-refractivity contribution in [2.45, 2.75) is 63.5 Å². The van der Waals surface area contributed by atoms with E-state index in [2.05, 4.69) is 10.2 Å². The third kappa shape index (κ3) is 4.17. The SMILES string of the molecule is OCC1CCC(NC2CCN(CC3CC3)CC2)CC1. The van der Waals surface area contributed by atoms with Crippen LogP contribution in [-0.4, -0.2) is 48.3 Å². The molecule has 3 nitrogen and oxygen atoms in total. The van der Waals surface area contributed by atoms with Crippen molar-refractivity contribution < 1.29 is 5.11 Å². The second kappa shape index (κ2) is 6.55. The highest BCUT2D eigenvalue weighted by atomic mass is 16.3. The topological polar surface area (TPSA) is 35.5 Å². The normalized spacial score (nSPS) is 34.6. The maximum atomic E-state index is 9.18. The van der Waals surface area contributed by atoms with Crippen molar-refractivity contribution in [2.24, 2.45) is 11.8 Å². The summed E-state index contributed by atoms with van der Waals surface area (Å²) in [6, 6.07) is 1.48. The number of piperidine rings is 1. The van der Waals surface area contributed by atoms with E-state index >= 15 is 0 Å². The highest BCUT2D eigenvalue weighted by molar-refractivity contribution is 4.85. The Morgan fingerprint density at radius 1 is 0.789 bits per heavy atom. The van der Waals surface area contributed by atoms with Gasteiger partial charge in [0.2, 0.25) is 0 Å². The number of aliphatic hydroxyl groups excluding tert-OH is 1. The molecule has 19 heavy (non-hydrogen) atoms. The number of likely N-dealkylation sites (tertiary alicyclic amines) is 1. The van der Waals surface area contributed by atoms with Crippen molar-refractivity contribution >= 4 is 0 Å². The van der Waals surface area contributed by atoms with Gasteiger partial charge in [-0.25, -0.2) is 0 Å². The first-order valence-electron chi connectivity index (χ1n) is 8.42. The number of aliphatic hydroxyl groups is 1. The summed E-state index contributed by atoms with van der Waals surface area (Å²) in [6.07, 6.45) is 10.6. The van der Waals surface area contributed by atoms with Gasteiger partial charge in [-0.05, 0) is 76.3 Å². The van der Waals surface area contributed by atoms with Gasteiger partial charge in [0.1, 0.15) is 0 Å². The highest BCUT2D eigenvalue weighted by Crippen LogP contribution is 2.31. The molecule has 0 radical (unpaired) electrons. The zero-order valence-electron chi connectivity index (χ0n) is 12.2. The van der Waals surface area contributed by atoms with E-state index in [4.69, 9.17) is 0 Å².